The van der Waals surface area contributed by atoms with Gasteiger partial charge in [-0.15, -0.1) is 0 Å². The molecular weight excluding hydrogens is 316 g/mol. The van der Waals surface area contributed by atoms with Gasteiger partial charge in [-0.05, 0) is 29.3 Å². The van der Waals surface area contributed by atoms with Gasteiger partial charge in [-0.25, -0.2) is 0 Å². The fourth-order valence-corrected chi connectivity index (χ4v) is 2.52. The van der Waals surface area contributed by atoms with Crippen LogP contribution in [0.25, 0.3) is 6.08 Å². The van der Waals surface area contributed by atoms with Gasteiger partial charge in [0, 0.05) is 6.21 Å². The molecule has 25 heavy (non-hydrogen) atoms. The summed E-state index contributed by atoms with van der Waals surface area (Å²) in [5, 5.41) is 2.63. The lowest BCUT2D eigenvalue weighted by molar-refractivity contribution is -0.124. The molecule has 1 atom stereocenters. The van der Waals surface area contributed by atoms with E-state index < -0.39 is 5.92 Å². The largest absolute Gasteiger partial charge is 0.497 e. The van der Waals surface area contributed by atoms with E-state index in [1.807, 2.05) is 42.5 Å². The van der Waals surface area contributed by atoms with Gasteiger partial charge in [-0.3, -0.25) is 14.6 Å². The molecule has 1 amide bonds. The second-order valence-electron chi connectivity index (χ2n) is 5.64. The van der Waals surface area contributed by atoms with Gasteiger partial charge in [-0.1, -0.05) is 42.5 Å². The molecule has 0 aromatic heterocycles. The molecule has 2 aromatic rings. The molecule has 1 aliphatic heterocycles. The molecular formula is C20H18N2O3. The number of amides is 1. The number of hydrogen-bond donors (Lipinski definition) is 1. The number of Topliss-reactive ketones (excluding diaryl/α,β-unsaturated/α-hetero) is 1. The molecule has 0 bridgehead atoms. The van der Waals surface area contributed by atoms with Crippen LogP contribution < -0.4 is 10.1 Å². The highest BCUT2D eigenvalue weighted by Gasteiger charge is 2.35. The highest BCUT2D eigenvalue weighted by Crippen LogP contribution is 2.18. The zero-order valence-electron chi connectivity index (χ0n) is 13.8. The number of allylic oxidation sites excluding steroid dienone is 1. The lowest BCUT2D eigenvalue weighted by Crippen LogP contribution is -2.20. The summed E-state index contributed by atoms with van der Waals surface area (Å²) in [5.74, 6) is -0.748. The van der Waals surface area contributed by atoms with Crippen LogP contribution in [-0.4, -0.2) is 25.0 Å². The fourth-order valence-electron chi connectivity index (χ4n) is 2.52. The Morgan fingerprint density at radius 1 is 1.08 bits per heavy atom. The number of nitrogens with zero attached hydrogens (tertiary/aromatic N) is 1. The SMILES string of the molecule is COc1ccc(/C=C2\NC(=O)[C@@H](C=NCc3ccccc3)C2=O)cc1. The van der Waals surface area contributed by atoms with Gasteiger partial charge in [-0.2, -0.15) is 0 Å². The average molecular weight is 334 g/mol. The Labute approximate surface area is 146 Å². The standard InChI is InChI=1S/C20H18N2O3/c1-25-16-9-7-14(8-10-16)11-18-19(23)17(20(24)22-18)13-21-12-15-5-3-2-4-6-15/h2-11,13,17H,12H2,1H3,(H,22,24)/b18-11-,21-13?/t17-/m0/s1. The zero-order chi connectivity index (χ0) is 17.6. The first-order valence-corrected chi connectivity index (χ1v) is 7.92. The molecule has 2 aromatic carbocycles. The summed E-state index contributed by atoms with van der Waals surface area (Å²) in [6, 6.07) is 16.9. The Morgan fingerprint density at radius 3 is 2.48 bits per heavy atom. The van der Waals surface area contributed by atoms with Crippen molar-refractivity contribution < 1.29 is 14.3 Å². The predicted molar refractivity (Wildman–Crippen MR) is 96.2 cm³/mol. The summed E-state index contributed by atoms with van der Waals surface area (Å²) in [6.45, 7) is 0.440. The van der Waals surface area contributed by atoms with Crippen LogP contribution in [0, 0.1) is 5.92 Å². The minimum Gasteiger partial charge on any atom is -0.497 e. The van der Waals surface area contributed by atoms with Crippen LogP contribution in [0.2, 0.25) is 0 Å². The number of rotatable bonds is 5. The number of aliphatic imine (C=N–C) groups is 1. The van der Waals surface area contributed by atoms with E-state index in [0.29, 0.717) is 6.54 Å². The molecule has 1 N–H and O–H groups in total. The van der Waals surface area contributed by atoms with Crippen molar-refractivity contribution in [2.75, 3.05) is 7.11 Å². The monoisotopic (exact) mass is 334 g/mol. The van der Waals surface area contributed by atoms with Crippen LogP contribution in [0.1, 0.15) is 11.1 Å². The Hall–Kier alpha value is -3.21. The summed E-state index contributed by atoms with van der Waals surface area (Å²) >= 11 is 0. The lowest BCUT2D eigenvalue weighted by Gasteiger charge is -2.00. The van der Waals surface area contributed by atoms with Crippen molar-refractivity contribution in [3.05, 3.63) is 71.4 Å². The third kappa shape index (κ3) is 4.01. The van der Waals surface area contributed by atoms with E-state index in [1.165, 1.54) is 6.21 Å². The molecule has 1 fully saturated rings. The van der Waals surface area contributed by atoms with E-state index in [4.69, 9.17) is 4.74 Å². The number of ketones is 1. The number of carbonyl (C=O) groups is 2. The van der Waals surface area contributed by atoms with E-state index in [9.17, 15) is 9.59 Å². The summed E-state index contributed by atoms with van der Waals surface area (Å²) in [6.07, 6.45) is 3.09. The van der Waals surface area contributed by atoms with Crippen molar-refractivity contribution in [1.82, 2.24) is 5.32 Å². The summed E-state index contributed by atoms with van der Waals surface area (Å²) in [7, 11) is 1.59. The summed E-state index contributed by atoms with van der Waals surface area (Å²) in [4.78, 5) is 28.7. The van der Waals surface area contributed by atoms with E-state index >= 15 is 0 Å². The van der Waals surface area contributed by atoms with Crippen molar-refractivity contribution >= 4 is 24.0 Å². The van der Waals surface area contributed by atoms with Crippen LogP contribution in [0.4, 0.5) is 0 Å². The molecule has 1 saturated heterocycles. The minimum atomic E-state index is -0.867. The molecule has 0 saturated carbocycles. The second-order valence-corrected chi connectivity index (χ2v) is 5.64. The first kappa shape index (κ1) is 16.6. The van der Waals surface area contributed by atoms with Crippen molar-refractivity contribution in [1.29, 1.82) is 0 Å². The highest BCUT2D eigenvalue weighted by molar-refractivity contribution is 6.26. The van der Waals surface area contributed by atoms with Crippen LogP contribution >= 0.6 is 0 Å². The minimum absolute atomic E-state index is 0.266. The molecule has 0 radical (unpaired) electrons. The first-order chi connectivity index (χ1) is 12.2. The quantitative estimate of drug-likeness (QED) is 0.519. The van der Waals surface area contributed by atoms with E-state index in [2.05, 4.69) is 10.3 Å². The van der Waals surface area contributed by atoms with E-state index in [0.717, 1.165) is 16.9 Å². The molecule has 5 nitrogen and oxygen atoms in total. The number of benzene rings is 2. The second kappa shape index (κ2) is 7.57. The van der Waals surface area contributed by atoms with Crippen molar-refractivity contribution in [2.24, 2.45) is 10.9 Å². The molecule has 0 unspecified atom stereocenters. The first-order valence-electron chi connectivity index (χ1n) is 7.92. The molecule has 3 rings (SSSR count). The van der Waals surface area contributed by atoms with Crippen LogP contribution in [0.5, 0.6) is 5.75 Å². The molecule has 0 spiro atoms. The van der Waals surface area contributed by atoms with Crippen molar-refractivity contribution in [3.63, 3.8) is 0 Å². The molecule has 1 aliphatic rings. The lowest BCUT2D eigenvalue weighted by atomic mass is 10.1. The van der Waals surface area contributed by atoms with Gasteiger partial charge in [0.15, 0.2) is 5.78 Å². The maximum Gasteiger partial charge on any atom is 0.240 e. The Kier molecular flexibility index (Phi) is 5.04. The maximum atomic E-state index is 12.4. The Bertz CT molecular complexity index is 824. The smallest absolute Gasteiger partial charge is 0.240 e. The number of hydrogen-bond acceptors (Lipinski definition) is 4. The summed E-state index contributed by atoms with van der Waals surface area (Å²) in [5.41, 5.74) is 2.12. The normalized spacial score (nSPS) is 18.8. The van der Waals surface area contributed by atoms with Gasteiger partial charge in [0.1, 0.15) is 11.7 Å². The number of nitrogens with one attached hydrogen (secondary N) is 1. The van der Waals surface area contributed by atoms with E-state index in [1.54, 1.807) is 25.3 Å². The molecule has 0 aliphatic carbocycles. The molecule has 126 valence electrons. The number of carbonyl (C=O) groups excluding carboxylic acids is 2. The number of methoxy groups -OCH3 is 1. The van der Waals surface area contributed by atoms with Crippen molar-refractivity contribution in [3.8, 4) is 5.75 Å². The molecule has 5 heteroatoms. The van der Waals surface area contributed by atoms with Crippen LogP contribution in [0.3, 0.4) is 0 Å². The van der Waals surface area contributed by atoms with Gasteiger partial charge in [0.05, 0.1) is 19.4 Å². The van der Waals surface area contributed by atoms with Crippen LogP contribution in [0.15, 0.2) is 65.3 Å². The Balaban J connectivity index is 1.69. The third-order valence-corrected chi connectivity index (χ3v) is 3.89. The van der Waals surface area contributed by atoms with Gasteiger partial charge in [0.25, 0.3) is 0 Å². The Morgan fingerprint density at radius 2 is 1.80 bits per heavy atom. The zero-order valence-corrected chi connectivity index (χ0v) is 13.8. The third-order valence-electron chi connectivity index (χ3n) is 3.89. The molecule has 1 heterocycles. The predicted octanol–water partition coefficient (Wildman–Crippen LogP) is 2.62. The highest BCUT2D eigenvalue weighted by atomic mass is 16.5. The number of ether oxygens (including phenoxy) is 1. The van der Waals surface area contributed by atoms with Gasteiger partial charge in [0.2, 0.25) is 5.91 Å². The fraction of sp³-hybridized carbons (Fsp3) is 0.150. The maximum absolute atomic E-state index is 12.4. The topological polar surface area (TPSA) is 67.8 Å². The van der Waals surface area contributed by atoms with E-state index in [-0.39, 0.29) is 17.4 Å². The van der Waals surface area contributed by atoms with Crippen LogP contribution in [-0.2, 0) is 16.1 Å². The average Bonchev–Trinajstić information content (AvgIpc) is 2.90. The van der Waals surface area contributed by atoms with Crippen molar-refractivity contribution in [2.45, 2.75) is 6.54 Å². The summed E-state index contributed by atoms with van der Waals surface area (Å²) < 4.78 is 5.10. The van der Waals surface area contributed by atoms with Gasteiger partial charge >= 0.3 is 0 Å². The van der Waals surface area contributed by atoms with Gasteiger partial charge < -0.3 is 10.1 Å².